The second kappa shape index (κ2) is 7.19. The molecule has 0 aliphatic carbocycles. The maximum absolute atomic E-state index is 12.8. The van der Waals surface area contributed by atoms with Crippen LogP contribution in [0.15, 0.2) is 48.5 Å². The summed E-state index contributed by atoms with van der Waals surface area (Å²) in [5, 5.41) is 0. The van der Waals surface area contributed by atoms with E-state index in [0.717, 1.165) is 11.4 Å². The van der Waals surface area contributed by atoms with Crippen LogP contribution in [0.1, 0.15) is 0 Å². The number of hydrogen-bond donors (Lipinski definition) is 0. The number of carbonyl (C=O) groups excluding carboxylic acids is 2. The topological polar surface area (TPSA) is 62.3 Å². The van der Waals surface area contributed by atoms with Gasteiger partial charge < -0.3 is 19.3 Å². The monoisotopic (exact) mass is 367 g/mol. The largest absolute Gasteiger partial charge is 0.486 e. The number of anilines is 2. The Hall–Kier alpha value is -3.22. The van der Waals surface area contributed by atoms with E-state index in [1.807, 2.05) is 48.5 Å². The van der Waals surface area contributed by atoms with Gasteiger partial charge in [0.15, 0.2) is 11.5 Å². The van der Waals surface area contributed by atoms with Crippen LogP contribution in [0, 0.1) is 0 Å². The summed E-state index contributed by atoms with van der Waals surface area (Å²) >= 11 is 0. The number of hydrogen-bond acceptors (Lipinski definition) is 4. The van der Waals surface area contributed by atoms with E-state index in [-0.39, 0.29) is 18.5 Å². The normalized spacial score (nSPS) is 15.8. The molecule has 2 aliphatic rings. The number of rotatable bonds is 4. The highest BCUT2D eigenvalue weighted by Gasteiger charge is 2.32. The van der Waals surface area contributed by atoms with E-state index in [9.17, 15) is 9.59 Å². The van der Waals surface area contributed by atoms with Gasteiger partial charge in [0.25, 0.3) is 0 Å². The molecule has 0 bridgehead atoms. The Morgan fingerprint density at radius 1 is 1.04 bits per heavy atom. The van der Waals surface area contributed by atoms with Crippen molar-refractivity contribution < 1.29 is 19.1 Å². The average molecular weight is 367 g/mol. The maximum Gasteiger partial charge on any atom is 0.325 e. The Morgan fingerprint density at radius 2 is 1.78 bits per heavy atom. The lowest BCUT2D eigenvalue weighted by Gasteiger charge is -2.23. The van der Waals surface area contributed by atoms with Crippen molar-refractivity contribution in [3.8, 4) is 11.5 Å². The quantitative estimate of drug-likeness (QED) is 0.832. The van der Waals surface area contributed by atoms with E-state index in [1.54, 1.807) is 21.7 Å². The molecule has 2 heterocycles. The first kappa shape index (κ1) is 17.2. The first-order valence-electron chi connectivity index (χ1n) is 8.91. The number of urea groups is 1. The third-order valence-corrected chi connectivity index (χ3v) is 4.78. The Morgan fingerprint density at radius 3 is 2.56 bits per heavy atom. The summed E-state index contributed by atoms with van der Waals surface area (Å²) < 4.78 is 11.1. The number of likely N-dealkylation sites (N-methyl/N-ethyl adjacent to an activating group) is 1. The predicted molar refractivity (Wildman–Crippen MR) is 102 cm³/mol. The molecule has 1 fully saturated rings. The number of nitrogens with zero attached hydrogens (tertiary/aromatic N) is 3. The Kier molecular flexibility index (Phi) is 4.58. The van der Waals surface area contributed by atoms with Gasteiger partial charge in [0.05, 0.1) is 0 Å². The molecule has 0 atom stereocenters. The first-order valence-corrected chi connectivity index (χ1v) is 8.91. The van der Waals surface area contributed by atoms with Crippen LogP contribution in [0.2, 0.25) is 0 Å². The van der Waals surface area contributed by atoms with E-state index in [4.69, 9.17) is 9.47 Å². The fourth-order valence-electron chi connectivity index (χ4n) is 3.23. The van der Waals surface area contributed by atoms with Gasteiger partial charge >= 0.3 is 6.03 Å². The van der Waals surface area contributed by atoms with Gasteiger partial charge in [-0.2, -0.15) is 0 Å². The minimum absolute atomic E-state index is 0.0469. The molecule has 1 saturated heterocycles. The molecule has 2 aromatic carbocycles. The SMILES string of the molecule is CN(C(=O)CN1CCN(c2ccc3c(c2)OCCO3)C1=O)c1ccccc1. The molecular formula is C20H21N3O4. The lowest BCUT2D eigenvalue weighted by molar-refractivity contribution is -0.118. The van der Waals surface area contributed by atoms with E-state index < -0.39 is 0 Å². The summed E-state index contributed by atoms with van der Waals surface area (Å²) in [6.45, 7) is 2.10. The van der Waals surface area contributed by atoms with Crippen LogP contribution in [0.25, 0.3) is 0 Å². The molecule has 0 N–H and O–H groups in total. The zero-order valence-electron chi connectivity index (χ0n) is 15.1. The molecule has 0 aromatic heterocycles. The summed E-state index contributed by atoms with van der Waals surface area (Å²) in [6.07, 6.45) is 0. The number of para-hydroxylation sites is 1. The Balaban J connectivity index is 1.43. The average Bonchev–Trinajstić information content (AvgIpc) is 3.08. The van der Waals surface area contributed by atoms with Crippen LogP contribution in [0.3, 0.4) is 0 Å². The number of benzene rings is 2. The van der Waals surface area contributed by atoms with Crippen molar-refractivity contribution in [3.05, 3.63) is 48.5 Å². The first-order chi connectivity index (χ1) is 13.1. The van der Waals surface area contributed by atoms with Crippen LogP contribution < -0.4 is 19.3 Å². The molecule has 2 aromatic rings. The molecule has 7 heteroatoms. The van der Waals surface area contributed by atoms with Crippen LogP contribution in [-0.2, 0) is 4.79 Å². The van der Waals surface area contributed by atoms with Crippen LogP contribution in [-0.4, -0.2) is 56.7 Å². The highest BCUT2D eigenvalue weighted by molar-refractivity contribution is 6.00. The van der Waals surface area contributed by atoms with Crippen LogP contribution in [0.5, 0.6) is 11.5 Å². The van der Waals surface area contributed by atoms with Crippen molar-refractivity contribution >= 4 is 23.3 Å². The second-order valence-electron chi connectivity index (χ2n) is 6.47. The lowest BCUT2D eigenvalue weighted by Crippen LogP contribution is -2.40. The lowest BCUT2D eigenvalue weighted by atomic mass is 10.2. The maximum atomic E-state index is 12.8. The molecule has 0 spiro atoms. The van der Waals surface area contributed by atoms with E-state index in [1.165, 1.54) is 0 Å². The summed E-state index contributed by atoms with van der Waals surface area (Å²) in [6, 6.07) is 14.7. The van der Waals surface area contributed by atoms with Gasteiger partial charge in [-0.3, -0.25) is 9.69 Å². The summed E-state index contributed by atoms with van der Waals surface area (Å²) in [5.41, 5.74) is 1.55. The number of ether oxygens (including phenoxy) is 2. The standard InChI is InChI=1S/C20H21N3O4/c1-21(15-5-3-2-4-6-15)19(24)14-22-9-10-23(20(22)25)16-7-8-17-18(13-16)27-12-11-26-17/h2-8,13H,9-12,14H2,1H3. The molecule has 0 saturated carbocycles. The molecule has 27 heavy (non-hydrogen) atoms. The van der Waals surface area contributed by atoms with Gasteiger partial charge in [0, 0.05) is 37.6 Å². The molecule has 2 aliphatic heterocycles. The third kappa shape index (κ3) is 3.40. The Labute approximate surface area is 157 Å². The molecule has 4 rings (SSSR count). The van der Waals surface area contributed by atoms with E-state index in [0.29, 0.717) is 37.8 Å². The smallest absolute Gasteiger partial charge is 0.325 e. The Bertz CT molecular complexity index is 856. The van der Waals surface area contributed by atoms with Crippen molar-refractivity contribution in [2.45, 2.75) is 0 Å². The van der Waals surface area contributed by atoms with Gasteiger partial charge in [0.2, 0.25) is 5.91 Å². The third-order valence-electron chi connectivity index (χ3n) is 4.78. The minimum atomic E-state index is -0.179. The van der Waals surface area contributed by atoms with E-state index >= 15 is 0 Å². The molecule has 3 amide bonds. The molecular weight excluding hydrogens is 346 g/mol. The van der Waals surface area contributed by atoms with Crippen LogP contribution in [0.4, 0.5) is 16.2 Å². The second-order valence-corrected chi connectivity index (χ2v) is 6.47. The van der Waals surface area contributed by atoms with Crippen molar-refractivity contribution in [1.82, 2.24) is 4.90 Å². The highest BCUT2D eigenvalue weighted by Crippen LogP contribution is 2.35. The fourth-order valence-corrected chi connectivity index (χ4v) is 3.23. The van der Waals surface area contributed by atoms with E-state index in [2.05, 4.69) is 0 Å². The van der Waals surface area contributed by atoms with Gasteiger partial charge in [-0.05, 0) is 24.3 Å². The van der Waals surface area contributed by atoms with Crippen molar-refractivity contribution in [3.63, 3.8) is 0 Å². The van der Waals surface area contributed by atoms with Crippen LogP contribution >= 0.6 is 0 Å². The minimum Gasteiger partial charge on any atom is -0.486 e. The van der Waals surface area contributed by atoms with Crippen molar-refractivity contribution in [2.75, 3.05) is 49.7 Å². The summed E-state index contributed by atoms with van der Waals surface area (Å²) in [5.74, 6) is 1.21. The summed E-state index contributed by atoms with van der Waals surface area (Å²) in [4.78, 5) is 30.1. The molecule has 7 nitrogen and oxygen atoms in total. The number of amides is 3. The molecule has 0 unspecified atom stereocenters. The highest BCUT2D eigenvalue weighted by atomic mass is 16.6. The molecule has 140 valence electrons. The zero-order valence-corrected chi connectivity index (χ0v) is 15.1. The van der Waals surface area contributed by atoms with Gasteiger partial charge in [-0.15, -0.1) is 0 Å². The number of fused-ring (bicyclic) bond motifs is 1. The van der Waals surface area contributed by atoms with Gasteiger partial charge in [-0.1, -0.05) is 18.2 Å². The predicted octanol–water partition coefficient (Wildman–Crippen LogP) is 2.36. The van der Waals surface area contributed by atoms with Crippen molar-refractivity contribution in [2.24, 2.45) is 0 Å². The molecule has 0 radical (unpaired) electrons. The van der Waals surface area contributed by atoms with Gasteiger partial charge in [0.1, 0.15) is 19.8 Å². The fraction of sp³-hybridized carbons (Fsp3) is 0.300. The zero-order chi connectivity index (χ0) is 18.8. The van der Waals surface area contributed by atoms with Crippen molar-refractivity contribution in [1.29, 1.82) is 0 Å². The van der Waals surface area contributed by atoms with Gasteiger partial charge in [-0.25, -0.2) is 4.79 Å². The number of carbonyl (C=O) groups is 2. The summed E-state index contributed by atoms with van der Waals surface area (Å²) in [7, 11) is 1.72.